The monoisotopic (exact) mass is 463 g/mol. The molecule has 9 heteroatoms. The molecular weight excluding hydrogens is 438 g/mol. The van der Waals surface area contributed by atoms with E-state index in [1.54, 1.807) is 54.7 Å². The van der Waals surface area contributed by atoms with Gasteiger partial charge < -0.3 is 19.1 Å². The molecule has 4 rings (SSSR count). The maximum Gasteiger partial charge on any atom is 0.337 e. The lowest BCUT2D eigenvalue weighted by Crippen LogP contribution is -2.32. The molecule has 1 aliphatic heterocycles. The molecule has 1 aromatic heterocycles. The van der Waals surface area contributed by atoms with Crippen molar-refractivity contribution in [2.75, 3.05) is 20.8 Å². The number of H-pyrrole nitrogens is 1. The number of ether oxygens (including phenoxy) is 3. The summed E-state index contributed by atoms with van der Waals surface area (Å²) in [5, 5.41) is 6.73. The fraction of sp³-hybridized carbons (Fsp3) is 0.280. The molecule has 0 spiro atoms. The first kappa shape index (κ1) is 23.0. The lowest BCUT2D eigenvalue weighted by Gasteiger charge is -2.25. The van der Waals surface area contributed by atoms with Crippen LogP contribution in [-0.4, -0.2) is 59.8 Å². The Morgan fingerprint density at radius 3 is 2.59 bits per heavy atom. The van der Waals surface area contributed by atoms with Gasteiger partial charge in [0.1, 0.15) is 11.9 Å². The van der Waals surface area contributed by atoms with Crippen molar-refractivity contribution in [1.29, 1.82) is 0 Å². The highest BCUT2D eigenvalue weighted by Crippen LogP contribution is 2.37. The number of esters is 2. The van der Waals surface area contributed by atoms with Crippen LogP contribution in [0.3, 0.4) is 0 Å². The highest BCUT2D eigenvalue weighted by molar-refractivity contribution is 5.96. The van der Waals surface area contributed by atoms with E-state index >= 15 is 0 Å². The minimum absolute atomic E-state index is 0.233. The molecule has 3 aromatic rings. The van der Waals surface area contributed by atoms with Crippen LogP contribution in [0.15, 0.2) is 54.9 Å². The third-order valence-corrected chi connectivity index (χ3v) is 5.81. The van der Waals surface area contributed by atoms with Crippen LogP contribution in [0.5, 0.6) is 5.75 Å². The molecule has 1 aliphatic rings. The molecule has 0 bridgehead atoms. The summed E-state index contributed by atoms with van der Waals surface area (Å²) in [5.41, 5.74) is 3.21. The van der Waals surface area contributed by atoms with Crippen molar-refractivity contribution in [2.45, 2.75) is 25.5 Å². The van der Waals surface area contributed by atoms with Crippen LogP contribution in [0.1, 0.15) is 45.7 Å². The van der Waals surface area contributed by atoms with E-state index in [9.17, 15) is 14.4 Å². The Balaban J connectivity index is 1.68. The average molecular weight is 463 g/mol. The number of carbonyl (C=O) groups excluding carboxylic acids is 3. The summed E-state index contributed by atoms with van der Waals surface area (Å²) in [4.78, 5) is 38.9. The third kappa shape index (κ3) is 4.63. The first-order valence-corrected chi connectivity index (χ1v) is 10.7. The first-order chi connectivity index (χ1) is 16.4. The Morgan fingerprint density at radius 2 is 1.91 bits per heavy atom. The Hall–Kier alpha value is -4.14. The smallest absolute Gasteiger partial charge is 0.337 e. The van der Waals surface area contributed by atoms with Crippen molar-refractivity contribution in [3.8, 4) is 16.9 Å². The number of hydrogen-bond donors (Lipinski definition) is 1. The highest BCUT2D eigenvalue weighted by Gasteiger charge is 2.38. The normalized spacial score (nSPS) is 17.3. The van der Waals surface area contributed by atoms with Gasteiger partial charge in [-0.1, -0.05) is 12.1 Å². The van der Waals surface area contributed by atoms with Crippen molar-refractivity contribution < 1.29 is 28.6 Å². The second-order valence-corrected chi connectivity index (χ2v) is 7.96. The summed E-state index contributed by atoms with van der Waals surface area (Å²) in [7, 11) is 2.86. The fourth-order valence-electron chi connectivity index (χ4n) is 4.28. The molecule has 176 valence electrons. The minimum atomic E-state index is -0.464. The Morgan fingerprint density at radius 1 is 1.09 bits per heavy atom. The molecule has 34 heavy (non-hydrogen) atoms. The molecule has 1 saturated heterocycles. The van der Waals surface area contributed by atoms with E-state index < -0.39 is 18.0 Å². The lowest BCUT2D eigenvalue weighted by molar-refractivity contribution is -0.145. The number of methoxy groups -OCH3 is 2. The highest BCUT2D eigenvalue weighted by atomic mass is 16.5. The Labute approximate surface area is 196 Å². The molecule has 0 aliphatic carbocycles. The molecule has 2 aromatic carbocycles. The van der Waals surface area contributed by atoms with E-state index in [4.69, 9.17) is 14.2 Å². The number of likely N-dealkylation sites (tertiary alicyclic amines) is 1. The van der Waals surface area contributed by atoms with E-state index in [2.05, 4.69) is 10.2 Å². The summed E-state index contributed by atoms with van der Waals surface area (Å²) in [6.07, 6.45) is 3.38. The van der Waals surface area contributed by atoms with Crippen molar-refractivity contribution in [1.82, 2.24) is 15.1 Å². The number of amides is 1. The predicted molar refractivity (Wildman–Crippen MR) is 122 cm³/mol. The van der Waals surface area contributed by atoms with Gasteiger partial charge in [0.05, 0.1) is 38.6 Å². The number of hydrogen-bond acceptors (Lipinski definition) is 7. The van der Waals surface area contributed by atoms with Crippen molar-refractivity contribution in [2.24, 2.45) is 0 Å². The van der Waals surface area contributed by atoms with Crippen LogP contribution >= 0.6 is 0 Å². The second-order valence-electron chi connectivity index (χ2n) is 7.96. The van der Waals surface area contributed by atoms with Crippen LogP contribution < -0.4 is 4.74 Å². The number of rotatable bonds is 6. The molecule has 2 unspecified atom stereocenters. The number of nitrogens with one attached hydrogen (secondary N) is 1. The predicted octanol–water partition coefficient (Wildman–Crippen LogP) is 3.39. The number of carbonyl (C=O) groups is 3. The fourth-order valence-corrected chi connectivity index (χ4v) is 4.28. The first-order valence-electron chi connectivity index (χ1n) is 10.7. The van der Waals surface area contributed by atoms with Crippen molar-refractivity contribution in [3.05, 3.63) is 71.5 Å². The van der Waals surface area contributed by atoms with Gasteiger partial charge in [0, 0.05) is 36.2 Å². The minimum Gasteiger partial charge on any atom is -0.496 e. The van der Waals surface area contributed by atoms with E-state index in [0.717, 1.165) is 16.7 Å². The van der Waals surface area contributed by atoms with Gasteiger partial charge in [0.15, 0.2) is 0 Å². The molecular formula is C25H25N3O6. The van der Waals surface area contributed by atoms with Gasteiger partial charge in [-0.15, -0.1) is 0 Å². The topological polar surface area (TPSA) is 111 Å². The van der Waals surface area contributed by atoms with E-state index in [1.807, 2.05) is 12.1 Å². The summed E-state index contributed by atoms with van der Waals surface area (Å²) >= 11 is 0. The van der Waals surface area contributed by atoms with Gasteiger partial charge in [0.2, 0.25) is 0 Å². The summed E-state index contributed by atoms with van der Waals surface area (Å²) in [5.74, 6) is -0.575. The van der Waals surface area contributed by atoms with E-state index in [0.29, 0.717) is 23.3 Å². The summed E-state index contributed by atoms with van der Waals surface area (Å²) < 4.78 is 15.8. The molecule has 1 N–H and O–H groups in total. The largest absolute Gasteiger partial charge is 0.496 e. The van der Waals surface area contributed by atoms with Crippen LogP contribution in [0.25, 0.3) is 11.1 Å². The van der Waals surface area contributed by atoms with E-state index in [-0.39, 0.29) is 18.5 Å². The molecule has 2 atom stereocenters. The standard InChI is InChI=1S/C25H25N3O6/c1-15(29)34-20-11-22(16-5-4-6-18(9-16)25(31)33-3)28(14-20)24(30)17-7-8-21(23(10-17)32-2)19-12-26-27-13-19/h4-10,12-13,20,22H,11,14H2,1-3H3,(H,26,27). The maximum atomic E-state index is 13.6. The Kier molecular flexibility index (Phi) is 6.62. The molecule has 1 fully saturated rings. The summed E-state index contributed by atoms with van der Waals surface area (Å²) in [6.45, 7) is 1.58. The molecule has 2 heterocycles. The third-order valence-electron chi connectivity index (χ3n) is 5.81. The van der Waals surface area contributed by atoms with Gasteiger partial charge >= 0.3 is 11.9 Å². The average Bonchev–Trinajstić information content (AvgIpc) is 3.53. The molecule has 1 amide bonds. The SMILES string of the molecule is COC(=O)c1cccc(C2CC(OC(C)=O)CN2C(=O)c2ccc(-c3cn[nH]c3)c(OC)c2)c1. The molecule has 0 saturated carbocycles. The van der Waals surface area contributed by atoms with Gasteiger partial charge in [-0.25, -0.2) is 4.79 Å². The van der Waals surface area contributed by atoms with Crippen LogP contribution in [0.4, 0.5) is 0 Å². The zero-order valence-corrected chi connectivity index (χ0v) is 19.1. The zero-order chi connectivity index (χ0) is 24.2. The van der Waals surface area contributed by atoms with Crippen LogP contribution in [0, 0.1) is 0 Å². The zero-order valence-electron chi connectivity index (χ0n) is 19.1. The van der Waals surface area contributed by atoms with Gasteiger partial charge in [0.25, 0.3) is 5.91 Å². The van der Waals surface area contributed by atoms with Crippen molar-refractivity contribution in [3.63, 3.8) is 0 Å². The number of nitrogens with zero attached hydrogens (tertiary/aromatic N) is 2. The number of benzene rings is 2. The van der Waals surface area contributed by atoms with Gasteiger partial charge in [-0.3, -0.25) is 14.7 Å². The molecule has 0 radical (unpaired) electrons. The summed E-state index contributed by atoms with van der Waals surface area (Å²) in [6, 6.07) is 11.8. The van der Waals surface area contributed by atoms with Crippen LogP contribution in [-0.2, 0) is 14.3 Å². The Bertz CT molecular complexity index is 1210. The van der Waals surface area contributed by atoms with Crippen LogP contribution in [0.2, 0.25) is 0 Å². The number of aromatic amines is 1. The maximum absolute atomic E-state index is 13.6. The quantitative estimate of drug-likeness (QED) is 0.558. The van der Waals surface area contributed by atoms with Gasteiger partial charge in [-0.2, -0.15) is 5.10 Å². The van der Waals surface area contributed by atoms with Crippen molar-refractivity contribution >= 4 is 17.8 Å². The van der Waals surface area contributed by atoms with E-state index in [1.165, 1.54) is 14.0 Å². The number of aromatic nitrogens is 2. The lowest BCUT2D eigenvalue weighted by atomic mass is 10.00. The van der Waals surface area contributed by atoms with Gasteiger partial charge in [-0.05, 0) is 35.9 Å². The second kappa shape index (κ2) is 9.78. The molecule has 9 nitrogen and oxygen atoms in total.